The minimum atomic E-state index is -0.449. The van der Waals surface area contributed by atoms with Gasteiger partial charge in [-0.1, -0.05) is 12.1 Å². The number of aromatic nitrogens is 2. The lowest BCUT2D eigenvalue weighted by molar-refractivity contribution is -0.116. The van der Waals surface area contributed by atoms with Gasteiger partial charge < -0.3 is 19.5 Å². The molecule has 0 aliphatic rings. The van der Waals surface area contributed by atoms with Crippen molar-refractivity contribution in [3.05, 3.63) is 68.5 Å². The molecule has 150 valence electrons. The van der Waals surface area contributed by atoms with Gasteiger partial charge in [-0.25, -0.2) is 4.79 Å². The molecule has 0 spiro atoms. The monoisotopic (exact) mass is 386 g/mol. The van der Waals surface area contributed by atoms with E-state index in [9.17, 15) is 14.4 Å². The zero-order valence-corrected chi connectivity index (χ0v) is 16.8. The van der Waals surface area contributed by atoms with Gasteiger partial charge in [0.1, 0.15) is 5.75 Å². The first-order valence-electron chi connectivity index (χ1n) is 8.77. The zero-order chi connectivity index (χ0) is 20.8. The quantitative estimate of drug-likeness (QED) is 0.702. The average molecular weight is 386 g/mol. The second-order valence-corrected chi connectivity index (χ2v) is 6.68. The SMILES string of the molecule is COc1cccc(C(CNC(=O)/C=C/c2cn(C)c(=O)n(C)c2=O)N(C)C)c1. The summed E-state index contributed by atoms with van der Waals surface area (Å²) >= 11 is 0. The second kappa shape index (κ2) is 9.18. The molecule has 1 heterocycles. The summed E-state index contributed by atoms with van der Waals surface area (Å²) in [5, 5.41) is 2.84. The Morgan fingerprint density at radius 1 is 1.29 bits per heavy atom. The lowest BCUT2D eigenvalue weighted by atomic mass is 10.1. The summed E-state index contributed by atoms with van der Waals surface area (Å²) in [4.78, 5) is 38.0. The summed E-state index contributed by atoms with van der Waals surface area (Å²) < 4.78 is 7.56. The molecule has 1 atom stereocenters. The Kier molecular flexibility index (Phi) is 6.94. The highest BCUT2D eigenvalue weighted by Gasteiger charge is 2.15. The van der Waals surface area contributed by atoms with Gasteiger partial charge in [0, 0.05) is 32.9 Å². The van der Waals surface area contributed by atoms with Crippen LogP contribution in [0.25, 0.3) is 6.08 Å². The minimum Gasteiger partial charge on any atom is -0.497 e. The maximum atomic E-state index is 12.2. The molecule has 1 amide bonds. The average Bonchev–Trinajstić information content (AvgIpc) is 2.68. The summed E-state index contributed by atoms with van der Waals surface area (Å²) in [6.07, 6.45) is 4.11. The Morgan fingerprint density at radius 2 is 2.00 bits per heavy atom. The minimum absolute atomic E-state index is 0.0436. The molecule has 0 bridgehead atoms. The summed E-state index contributed by atoms with van der Waals surface area (Å²) in [7, 11) is 8.42. The van der Waals surface area contributed by atoms with Crippen LogP contribution in [0.1, 0.15) is 17.2 Å². The number of likely N-dealkylation sites (N-methyl/N-ethyl adjacent to an activating group) is 1. The van der Waals surface area contributed by atoms with Crippen LogP contribution in [0.5, 0.6) is 5.75 Å². The third-order valence-electron chi connectivity index (χ3n) is 4.46. The smallest absolute Gasteiger partial charge is 0.330 e. The molecular formula is C20H26N4O4. The third-order valence-corrected chi connectivity index (χ3v) is 4.46. The molecule has 1 N–H and O–H groups in total. The van der Waals surface area contributed by atoms with E-state index in [1.165, 1.54) is 30.0 Å². The van der Waals surface area contributed by atoms with Crippen LogP contribution in [0.15, 0.2) is 46.1 Å². The maximum absolute atomic E-state index is 12.2. The van der Waals surface area contributed by atoms with Crippen LogP contribution in [0.3, 0.4) is 0 Å². The molecular weight excluding hydrogens is 360 g/mol. The number of hydrogen-bond acceptors (Lipinski definition) is 5. The van der Waals surface area contributed by atoms with Crippen molar-refractivity contribution in [2.24, 2.45) is 14.1 Å². The molecule has 2 rings (SSSR count). The molecule has 0 radical (unpaired) electrons. The lowest BCUT2D eigenvalue weighted by Gasteiger charge is -2.25. The fourth-order valence-electron chi connectivity index (χ4n) is 2.82. The number of aryl methyl sites for hydroxylation is 1. The van der Waals surface area contributed by atoms with Crippen LogP contribution in [-0.2, 0) is 18.9 Å². The molecule has 8 heteroatoms. The van der Waals surface area contributed by atoms with E-state index in [4.69, 9.17) is 4.74 Å². The molecule has 0 aliphatic heterocycles. The first-order chi connectivity index (χ1) is 13.2. The van der Waals surface area contributed by atoms with E-state index in [0.717, 1.165) is 15.9 Å². The lowest BCUT2D eigenvalue weighted by Crippen LogP contribution is -2.37. The van der Waals surface area contributed by atoms with E-state index in [2.05, 4.69) is 5.32 Å². The zero-order valence-electron chi connectivity index (χ0n) is 16.8. The van der Waals surface area contributed by atoms with E-state index in [1.807, 2.05) is 43.3 Å². The van der Waals surface area contributed by atoms with Crippen molar-refractivity contribution in [1.29, 1.82) is 0 Å². The Bertz CT molecular complexity index is 988. The Balaban J connectivity index is 2.11. The molecule has 1 unspecified atom stereocenters. The van der Waals surface area contributed by atoms with Crippen molar-refractivity contribution in [3.8, 4) is 5.75 Å². The Morgan fingerprint density at radius 3 is 2.64 bits per heavy atom. The van der Waals surface area contributed by atoms with Gasteiger partial charge in [-0.05, 0) is 37.9 Å². The number of carbonyl (C=O) groups excluding carboxylic acids is 1. The molecule has 2 aromatic rings. The molecule has 8 nitrogen and oxygen atoms in total. The van der Waals surface area contributed by atoms with Crippen molar-refractivity contribution in [1.82, 2.24) is 19.4 Å². The van der Waals surface area contributed by atoms with Gasteiger partial charge in [-0.15, -0.1) is 0 Å². The number of benzene rings is 1. The summed E-state index contributed by atoms with van der Waals surface area (Å²) in [5.41, 5.74) is 0.408. The van der Waals surface area contributed by atoms with E-state index in [-0.39, 0.29) is 17.5 Å². The fourth-order valence-corrected chi connectivity index (χ4v) is 2.82. The number of methoxy groups -OCH3 is 1. The first kappa shape index (κ1) is 21.2. The van der Waals surface area contributed by atoms with Crippen molar-refractivity contribution in [3.63, 3.8) is 0 Å². The number of rotatable bonds is 7. The van der Waals surface area contributed by atoms with E-state index < -0.39 is 11.2 Å². The number of ether oxygens (including phenoxy) is 1. The maximum Gasteiger partial charge on any atom is 0.330 e. The van der Waals surface area contributed by atoms with Crippen molar-refractivity contribution < 1.29 is 9.53 Å². The molecule has 28 heavy (non-hydrogen) atoms. The van der Waals surface area contributed by atoms with Crippen LogP contribution in [-0.4, -0.2) is 47.7 Å². The highest BCUT2D eigenvalue weighted by molar-refractivity contribution is 5.91. The van der Waals surface area contributed by atoms with Gasteiger partial charge in [0.25, 0.3) is 5.56 Å². The van der Waals surface area contributed by atoms with E-state index in [0.29, 0.717) is 6.54 Å². The van der Waals surface area contributed by atoms with Gasteiger partial charge in [-0.2, -0.15) is 0 Å². The number of nitrogens with zero attached hydrogens (tertiary/aromatic N) is 3. The van der Waals surface area contributed by atoms with Gasteiger partial charge in [0.05, 0.1) is 18.7 Å². The van der Waals surface area contributed by atoms with Crippen LogP contribution in [0.2, 0.25) is 0 Å². The van der Waals surface area contributed by atoms with Crippen molar-refractivity contribution >= 4 is 12.0 Å². The Labute approximate surface area is 163 Å². The predicted molar refractivity (Wildman–Crippen MR) is 108 cm³/mol. The normalized spacial score (nSPS) is 12.4. The van der Waals surface area contributed by atoms with Gasteiger partial charge in [0.2, 0.25) is 5.91 Å². The van der Waals surface area contributed by atoms with Gasteiger partial charge >= 0.3 is 5.69 Å². The highest BCUT2D eigenvalue weighted by Crippen LogP contribution is 2.22. The third kappa shape index (κ3) is 4.98. The molecule has 0 saturated carbocycles. The van der Waals surface area contributed by atoms with Gasteiger partial charge in [-0.3, -0.25) is 14.2 Å². The molecule has 0 aliphatic carbocycles. The van der Waals surface area contributed by atoms with Gasteiger partial charge in [0.15, 0.2) is 0 Å². The predicted octanol–water partition coefficient (Wildman–Crippen LogP) is 0.525. The van der Waals surface area contributed by atoms with Crippen LogP contribution in [0, 0.1) is 0 Å². The summed E-state index contributed by atoms with van der Waals surface area (Å²) in [6.45, 7) is 0.384. The fraction of sp³-hybridized carbons (Fsp3) is 0.350. The van der Waals surface area contributed by atoms with Crippen LogP contribution in [0.4, 0.5) is 0 Å². The molecule has 0 fully saturated rings. The van der Waals surface area contributed by atoms with Crippen LogP contribution >= 0.6 is 0 Å². The number of hydrogen-bond donors (Lipinski definition) is 1. The van der Waals surface area contributed by atoms with Crippen molar-refractivity contribution in [2.75, 3.05) is 27.7 Å². The first-order valence-corrected chi connectivity index (χ1v) is 8.77. The summed E-state index contributed by atoms with van der Waals surface area (Å²) in [5.74, 6) is 0.423. The Hall–Kier alpha value is -3.13. The molecule has 1 aromatic heterocycles. The van der Waals surface area contributed by atoms with E-state index >= 15 is 0 Å². The largest absolute Gasteiger partial charge is 0.497 e. The number of carbonyl (C=O) groups is 1. The molecule has 1 aromatic carbocycles. The number of amides is 1. The second-order valence-electron chi connectivity index (χ2n) is 6.68. The van der Waals surface area contributed by atoms with E-state index in [1.54, 1.807) is 14.2 Å². The number of nitrogens with one attached hydrogen (secondary N) is 1. The summed E-state index contributed by atoms with van der Waals surface area (Å²) in [6, 6.07) is 7.63. The van der Waals surface area contributed by atoms with Crippen molar-refractivity contribution in [2.45, 2.75) is 6.04 Å². The highest BCUT2D eigenvalue weighted by atomic mass is 16.5. The molecule has 0 saturated heterocycles. The van der Waals surface area contributed by atoms with Crippen LogP contribution < -0.4 is 21.3 Å². The standard InChI is InChI=1S/C20H26N4O4/c1-22(2)17(14-7-6-8-16(11-14)28-5)12-21-18(25)10-9-15-13-23(3)20(27)24(4)19(15)26/h6-11,13,17H,12H2,1-5H3,(H,21,25)/b10-9+. The topological polar surface area (TPSA) is 85.6 Å².